The number of amides is 1. The molecule has 12 heteroatoms. The van der Waals surface area contributed by atoms with Crippen molar-refractivity contribution < 1.29 is 18.0 Å². The minimum absolute atomic E-state index is 0.238. The molecule has 0 fully saturated rings. The van der Waals surface area contributed by atoms with Gasteiger partial charge in [-0.1, -0.05) is 4.49 Å². The lowest BCUT2D eigenvalue weighted by Gasteiger charge is -2.27. The summed E-state index contributed by atoms with van der Waals surface area (Å²) in [6, 6.07) is 5.79. The normalized spacial score (nSPS) is 16.2. The summed E-state index contributed by atoms with van der Waals surface area (Å²) in [5.41, 5.74) is 2.81. The van der Waals surface area contributed by atoms with Crippen LogP contribution in [0.2, 0.25) is 0 Å². The van der Waals surface area contributed by atoms with E-state index in [2.05, 4.69) is 24.9 Å². The van der Waals surface area contributed by atoms with E-state index >= 15 is 0 Å². The van der Waals surface area contributed by atoms with Gasteiger partial charge in [0, 0.05) is 30.1 Å². The van der Waals surface area contributed by atoms with Gasteiger partial charge < -0.3 is 10.2 Å². The van der Waals surface area contributed by atoms with E-state index in [1.54, 1.807) is 0 Å². The summed E-state index contributed by atoms with van der Waals surface area (Å²) in [4.78, 5) is 24.7. The number of hydrogen-bond acceptors (Lipinski definition) is 8. The predicted octanol–water partition coefficient (Wildman–Crippen LogP) is 4.96. The lowest BCUT2D eigenvalue weighted by atomic mass is 9.87. The molecule has 0 spiro atoms. The third-order valence-corrected chi connectivity index (χ3v) is 7.66. The number of halogens is 3. The molecule has 1 N–H and O–H groups in total. The molecule has 0 aliphatic heterocycles. The monoisotopic (exact) mass is 492 g/mol. The first kappa shape index (κ1) is 22.0. The average molecular weight is 493 g/mol. The van der Waals surface area contributed by atoms with Crippen LogP contribution in [0.5, 0.6) is 0 Å². The van der Waals surface area contributed by atoms with Gasteiger partial charge in [-0.2, -0.15) is 13.2 Å². The van der Waals surface area contributed by atoms with Crippen molar-refractivity contribution in [3.63, 3.8) is 0 Å². The van der Waals surface area contributed by atoms with E-state index in [4.69, 9.17) is 0 Å². The molecule has 4 aromatic rings. The molecule has 33 heavy (non-hydrogen) atoms. The highest BCUT2D eigenvalue weighted by molar-refractivity contribution is 7.19. The number of aromatic nitrogens is 4. The number of aryl methyl sites for hydroxylation is 1. The molecule has 1 aliphatic rings. The third kappa shape index (κ3) is 4.49. The molecule has 1 amide bonds. The smallest absolute Gasteiger partial charge is 0.345 e. The average Bonchev–Trinajstić information content (AvgIpc) is 3.40. The highest BCUT2D eigenvalue weighted by Crippen LogP contribution is 2.41. The maximum atomic E-state index is 12.7. The molecular formula is C21H19F3N6OS2. The van der Waals surface area contributed by atoms with Crippen molar-refractivity contribution in [2.45, 2.75) is 31.9 Å². The quantitative estimate of drug-likeness (QED) is 0.424. The van der Waals surface area contributed by atoms with Gasteiger partial charge in [0.2, 0.25) is 5.91 Å². The van der Waals surface area contributed by atoms with Gasteiger partial charge >= 0.3 is 6.18 Å². The summed E-state index contributed by atoms with van der Waals surface area (Å²) < 4.78 is 42.5. The topological polar surface area (TPSA) is 83.9 Å². The molecule has 3 heterocycles. The van der Waals surface area contributed by atoms with E-state index < -0.39 is 12.6 Å². The van der Waals surface area contributed by atoms with Crippen LogP contribution in [0.4, 0.5) is 24.7 Å². The molecule has 1 aromatic carbocycles. The fraction of sp³-hybridized carbons (Fsp3) is 0.381. The second-order valence-corrected chi connectivity index (χ2v) is 9.92. The Hall–Kier alpha value is -2.86. The van der Waals surface area contributed by atoms with Crippen molar-refractivity contribution in [3.05, 3.63) is 35.0 Å². The standard InChI is InChI=1S/C21H19F3N6OS2/c1-30(7-6-21(22,23)24)20(31)11-2-4-13-15(8-11)32-19-17(13)18(25-10-26-19)27-12-3-5-14-16(9-12)33-29-28-14/h3,5,9-11H,2,4,6-8H2,1H3,(H,25,26,27). The number of carbonyl (C=O) groups is 1. The molecular weight excluding hydrogens is 473 g/mol. The highest BCUT2D eigenvalue weighted by atomic mass is 32.1. The third-order valence-electron chi connectivity index (χ3n) is 5.81. The highest BCUT2D eigenvalue weighted by Gasteiger charge is 2.33. The van der Waals surface area contributed by atoms with Crippen LogP contribution in [0.3, 0.4) is 0 Å². The van der Waals surface area contributed by atoms with Gasteiger partial charge in [-0.25, -0.2) is 9.97 Å². The number of rotatable bonds is 5. The van der Waals surface area contributed by atoms with Crippen molar-refractivity contribution in [1.82, 2.24) is 24.5 Å². The zero-order valence-corrected chi connectivity index (χ0v) is 19.1. The van der Waals surface area contributed by atoms with Crippen LogP contribution in [0.25, 0.3) is 20.4 Å². The first-order valence-electron chi connectivity index (χ1n) is 10.3. The second-order valence-electron chi connectivity index (χ2n) is 8.05. The Kier molecular flexibility index (Phi) is 5.65. The number of nitrogens with one attached hydrogen (secondary N) is 1. The molecule has 0 saturated carbocycles. The lowest BCUT2D eigenvalue weighted by Crippen LogP contribution is -2.37. The van der Waals surface area contributed by atoms with Crippen LogP contribution in [0, 0.1) is 5.92 Å². The van der Waals surface area contributed by atoms with Crippen LogP contribution < -0.4 is 5.32 Å². The fourth-order valence-corrected chi connectivity index (χ4v) is 5.99. The van der Waals surface area contributed by atoms with E-state index in [9.17, 15) is 18.0 Å². The SMILES string of the molecule is CN(CCC(F)(F)F)C(=O)C1CCc2c(sc3ncnc(Nc4ccc5nnsc5c4)c23)C1. The Labute approximate surface area is 194 Å². The summed E-state index contributed by atoms with van der Waals surface area (Å²) in [7, 11) is 1.44. The van der Waals surface area contributed by atoms with Crippen LogP contribution in [0.15, 0.2) is 24.5 Å². The molecule has 0 bridgehead atoms. The maximum absolute atomic E-state index is 12.7. The Morgan fingerprint density at radius 1 is 1.30 bits per heavy atom. The molecule has 0 radical (unpaired) electrons. The van der Waals surface area contributed by atoms with E-state index in [0.29, 0.717) is 25.1 Å². The predicted molar refractivity (Wildman–Crippen MR) is 122 cm³/mol. The van der Waals surface area contributed by atoms with Crippen molar-refractivity contribution in [3.8, 4) is 0 Å². The number of anilines is 2. The van der Waals surface area contributed by atoms with Gasteiger partial charge in [0.05, 0.1) is 16.5 Å². The number of alkyl halides is 3. The van der Waals surface area contributed by atoms with Crippen molar-refractivity contribution in [2.75, 3.05) is 18.9 Å². The first-order chi connectivity index (χ1) is 15.8. The molecule has 172 valence electrons. The van der Waals surface area contributed by atoms with Gasteiger partial charge in [-0.05, 0) is 54.6 Å². The van der Waals surface area contributed by atoms with Gasteiger partial charge in [0.15, 0.2) is 0 Å². The molecule has 7 nitrogen and oxygen atoms in total. The molecule has 1 aliphatic carbocycles. The number of carbonyl (C=O) groups excluding carboxylic acids is 1. The minimum Gasteiger partial charge on any atom is -0.345 e. The lowest BCUT2D eigenvalue weighted by molar-refractivity contribution is -0.146. The number of nitrogens with zero attached hydrogens (tertiary/aromatic N) is 5. The first-order valence-corrected chi connectivity index (χ1v) is 11.9. The summed E-state index contributed by atoms with van der Waals surface area (Å²) in [5, 5.41) is 8.37. The van der Waals surface area contributed by atoms with Crippen LogP contribution in [0.1, 0.15) is 23.3 Å². The van der Waals surface area contributed by atoms with Crippen molar-refractivity contribution >= 4 is 60.7 Å². The van der Waals surface area contributed by atoms with Crippen LogP contribution in [-0.4, -0.2) is 50.1 Å². The van der Waals surface area contributed by atoms with Gasteiger partial charge in [-0.3, -0.25) is 4.79 Å². The van der Waals surface area contributed by atoms with Crippen LogP contribution in [-0.2, 0) is 17.6 Å². The summed E-state index contributed by atoms with van der Waals surface area (Å²) >= 11 is 2.84. The molecule has 1 atom stereocenters. The van der Waals surface area contributed by atoms with Crippen LogP contribution >= 0.6 is 22.9 Å². The number of thiophene rings is 1. The van der Waals surface area contributed by atoms with E-state index in [0.717, 1.165) is 36.6 Å². The fourth-order valence-electron chi connectivity index (χ4n) is 4.12. The number of fused-ring (bicyclic) bond motifs is 4. The number of hydrogen-bond donors (Lipinski definition) is 1. The summed E-state index contributed by atoms with van der Waals surface area (Å²) in [6.07, 6.45) is -2.02. The largest absolute Gasteiger partial charge is 0.390 e. The Balaban J connectivity index is 1.37. The molecule has 5 rings (SSSR count). The maximum Gasteiger partial charge on any atom is 0.390 e. The van der Waals surface area contributed by atoms with Gasteiger partial charge in [0.1, 0.15) is 22.5 Å². The molecule has 1 unspecified atom stereocenters. The Bertz CT molecular complexity index is 1330. The zero-order valence-electron chi connectivity index (χ0n) is 17.5. The van der Waals surface area contributed by atoms with Gasteiger partial charge in [0.25, 0.3) is 0 Å². The summed E-state index contributed by atoms with van der Waals surface area (Å²) in [5.74, 6) is 0.133. The molecule has 3 aromatic heterocycles. The number of benzene rings is 1. The summed E-state index contributed by atoms with van der Waals surface area (Å²) in [6.45, 7) is -0.322. The molecule has 0 saturated heterocycles. The van der Waals surface area contributed by atoms with E-state index in [1.165, 1.54) is 41.1 Å². The Morgan fingerprint density at radius 2 is 2.15 bits per heavy atom. The van der Waals surface area contributed by atoms with E-state index in [-0.39, 0.29) is 18.4 Å². The van der Waals surface area contributed by atoms with E-state index in [1.807, 2.05) is 18.2 Å². The zero-order chi connectivity index (χ0) is 23.2. The van der Waals surface area contributed by atoms with Gasteiger partial charge in [-0.15, -0.1) is 16.4 Å². The second kappa shape index (κ2) is 8.49. The van der Waals surface area contributed by atoms with Crippen molar-refractivity contribution in [1.29, 1.82) is 0 Å². The Morgan fingerprint density at radius 3 is 2.97 bits per heavy atom. The van der Waals surface area contributed by atoms with Crippen molar-refractivity contribution in [2.24, 2.45) is 5.92 Å². The minimum atomic E-state index is -4.27.